The number of unbranched alkanes of at least 4 members (excludes halogenated alkanes) is 1. The summed E-state index contributed by atoms with van der Waals surface area (Å²) in [6, 6.07) is 0.651. The number of nitrogens with zero attached hydrogens (tertiary/aromatic N) is 1. The average Bonchev–Trinajstić information content (AvgIpc) is 2.49. The van der Waals surface area contributed by atoms with E-state index in [1.54, 1.807) is 0 Å². The van der Waals surface area contributed by atoms with Crippen molar-refractivity contribution in [2.24, 2.45) is 0 Å². The Balaban J connectivity index is 2.81. The van der Waals surface area contributed by atoms with Crippen LogP contribution in [-0.2, 0) is 14.8 Å². The highest BCUT2D eigenvalue weighted by Crippen LogP contribution is 2.18. The fraction of sp³-hybridized carbons (Fsp3) is 0.538. The van der Waals surface area contributed by atoms with Crippen molar-refractivity contribution in [3.8, 4) is 5.88 Å². The van der Waals surface area contributed by atoms with Gasteiger partial charge in [-0.1, -0.05) is 19.8 Å². The Morgan fingerprint density at radius 3 is 2.54 bits per heavy atom. The van der Waals surface area contributed by atoms with Gasteiger partial charge < -0.3 is 9.84 Å². The van der Waals surface area contributed by atoms with Gasteiger partial charge in [0.25, 0.3) is 0 Å². The maximum Gasteiger partial charge on any atom is 0.422 e. The van der Waals surface area contributed by atoms with Gasteiger partial charge in [-0.2, -0.15) is 17.9 Å². The van der Waals surface area contributed by atoms with Crippen LogP contribution in [0.5, 0.6) is 5.88 Å². The number of rotatable bonds is 9. The van der Waals surface area contributed by atoms with Crippen molar-refractivity contribution in [1.82, 2.24) is 9.71 Å². The summed E-state index contributed by atoms with van der Waals surface area (Å²) in [5, 5.41) is 9.03. The third-order valence-corrected chi connectivity index (χ3v) is 4.30. The normalized spacial score (nSPS) is 13.5. The molecule has 1 atom stereocenters. The molecule has 1 unspecified atom stereocenters. The highest BCUT2D eigenvalue weighted by molar-refractivity contribution is 7.89. The monoisotopic (exact) mass is 370 g/mol. The van der Waals surface area contributed by atoms with Crippen molar-refractivity contribution < 1.29 is 36.2 Å². The molecule has 0 radical (unpaired) electrons. The third-order valence-electron chi connectivity index (χ3n) is 2.85. The third kappa shape index (κ3) is 6.71. The molecule has 11 heteroatoms. The van der Waals surface area contributed by atoms with Gasteiger partial charge in [0.1, 0.15) is 10.9 Å². The Morgan fingerprint density at radius 1 is 1.42 bits per heavy atom. The van der Waals surface area contributed by atoms with E-state index >= 15 is 0 Å². The van der Waals surface area contributed by atoms with Crippen LogP contribution >= 0.6 is 0 Å². The van der Waals surface area contributed by atoms with Crippen molar-refractivity contribution in [1.29, 1.82) is 0 Å². The number of aromatic nitrogens is 1. The molecule has 0 aliphatic carbocycles. The lowest BCUT2D eigenvalue weighted by Gasteiger charge is -2.14. The maximum atomic E-state index is 12.1. The minimum absolute atomic E-state index is 0.116. The summed E-state index contributed by atoms with van der Waals surface area (Å²) < 4.78 is 66.7. The van der Waals surface area contributed by atoms with Crippen LogP contribution in [0.1, 0.15) is 26.2 Å². The molecular weight excluding hydrogens is 353 g/mol. The Morgan fingerprint density at radius 2 is 2.08 bits per heavy atom. The highest BCUT2D eigenvalue weighted by atomic mass is 32.2. The number of aliphatic carboxylic acids is 1. The first-order valence-electron chi connectivity index (χ1n) is 6.96. The lowest BCUT2D eigenvalue weighted by molar-refractivity contribution is -0.154. The van der Waals surface area contributed by atoms with Gasteiger partial charge in [0, 0.05) is 6.07 Å². The minimum atomic E-state index is -4.54. The number of carboxylic acid groups (broad SMARTS) is 1. The molecular formula is C13H17F3N2O5S. The van der Waals surface area contributed by atoms with Gasteiger partial charge in [-0.15, -0.1) is 0 Å². The number of ether oxygens (including phenoxy) is 1. The van der Waals surface area contributed by atoms with Gasteiger partial charge in [0.15, 0.2) is 6.61 Å². The Labute approximate surface area is 136 Å². The molecule has 0 saturated heterocycles. The summed E-state index contributed by atoms with van der Waals surface area (Å²) in [5.74, 6) is -1.71. The smallest absolute Gasteiger partial charge is 0.422 e. The molecule has 0 amide bonds. The van der Waals surface area contributed by atoms with Crippen LogP contribution in [0.4, 0.5) is 13.2 Å². The van der Waals surface area contributed by atoms with Crippen molar-refractivity contribution in [2.45, 2.75) is 43.3 Å². The number of carboxylic acids is 1. The van der Waals surface area contributed by atoms with Crippen molar-refractivity contribution in [2.75, 3.05) is 6.61 Å². The van der Waals surface area contributed by atoms with E-state index in [4.69, 9.17) is 5.11 Å². The predicted molar refractivity (Wildman–Crippen MR) is 77.1 cm³/mol. The average molecular weight is 370 g/mol. The number of pyridine rings is 1. The molecule has 0 bridgehead atoms. The van der Waals surface area contributed by atoms with Crippen LogP contribution in [0.15, 0.2) is 23.2 Å². The molecule has 1 heterocycles. The van der Waals surface area contributed by atoms with Crippen LogP contribution in [0.3, 0.4) is 0 Å². The topological polar surface area (TPSA) is 106 Å². The van der Waals surface area contributed by atoms with Gasteiger partial charge in [-0.25, -0.2) is 13.4 Å². The number of sulfonamides is 1. The largest absolute Gasteiger partial charge is 0.480 e. The number of hydrogen-bond donors (Lipinski definition) is 2. The standard InChI is InChI=1S/C13H17F3N2O5S/c1-2-3-4-10(12(19)20)18-24(21,22)9-5-6-11(17-7-9)23-8-13(14,15)16/h5-7,10,18H,2-4,8H2,1H3,(H,19,20). The second-order valence-electron chi connectivity index (χ2n) is 4.89. The molecule has 1 aromatic heterocycles. The van der Waals surface area contributed by atoms with E-state index in [9.17, 15) is 26.4 Å². The number of carbonyl (C=O) groups is 1. The summed E-state index contributed by atoms with van der Waals surface area (Å²) in [5.41, 5.74) is 0. The van der Waals surface area contributed by atoms with E-state index in [1.165, 1.54) is 0 Å². The Bertz CT molecular complexity index is 647. The summed E-state index contributed by atoms with van der Waals surface area (Å²) in [6.45, 7) is 0.277. The van der Waals surface area contributed by atoms with Gasteiger partial charge in [-0.05, 0) is 12.5 Å². The lowest BCUT2D eigenvalue weighted by Crippen LogP contribution is -2.40. The zero-order valence-electron chi connectivity index (χ0n) is 12.7. The summed E-state index contributed by atoms with van der Waals surface area (Å²) >= 11 is 0. The lowest BCUT2D eigenvalue weighted by atomic mass is 10.1. The van der Waals surface area contributed by atoms with E-state index in [2.05, 4.69) is 9.72 Å². The summed E-state index contributed by atoms with van der Waals surface area (Å²) in [6.07, 6.45) is -2.42. The molecule has 0 aromatic carbocycles. The van der Waals surface area contributed by atoms with Crippen LogP contribution in [0, 0.1) is 0 Å². The predicted octanol–water partition coefficient (Wildman–Crippen LogP) is 1.94. The SMILES string of the molecule is CCCCC(NS(=O)(=O)c1ccc(OCC(F)(F)F)nc1)C(=O)O. The van der Waals surface area contributed by atoms with E-state index < -0.39 is 40.7 Å². The van der Waals surface area contributed by atoms with Crippen molar-refractivity contribution in [3.05, 3.63) is 18.3 Å². The van der Waals surface area contributed by atoms with E-state index in [0.717, 1.165) is 18.3 Å². The molecule has 136 valence electrons. The van der Waals surface area contributed by atoms with E-state index in [1.807, 2.05) is 11.6 Å². The molecule has 24 heavy (non-hydrogen) atoms. The number of halogens is 3. The fourth-order valence-corrected chi connectivity index (χ4v) is 2.83. The first-order valence-corrected chi connectivity index (χ1v) is 8.44. The van der Waals surface area contributed by atoms with Gasteiger partial charge in [-0.3, -0.25) is 4.79 Å². The molecule has 0 aliphatic heterocycles. The second-order valence-corrected chi connectivity index (χ2v) is 6.60. The van der Waals surface area contributed by atoms with E-state index in [0.29, 0.717) is 12.8 Å². The highest BCUT2D eigenvalue weighted by Gasteiger charge is 2.29. The van der Waals surface area contributed by atoms with Crippen LogP contribution < -0.4 is 9.46 Å². The Hall–Kier alpha value is -1.88. The Kier molecular flexibility index (Phi) is 6.96. The molecule has 1 aromatic rings. The molecule has 7 nitrogen and oxygen atoms in total. The zero-order valence-corrected chi connectivity index (χ0v) is 13.5. The first-order chi connectivity index (χ1) is 11.0. The van der Waals surface area contributed by atoms with Crippen LogP contribution in [-0.4, -0.2) is 43.3 Å². The van der Waals surface area contributed by atoms with Gasteiger partial charge in [0.05, 0.1) is 6.20 Å². The number of alkyl halides is 3. The summed E-state index contributed by atoms with van der Waals surface area (Å²) in [7, 11) is -4.17. The maximum absolute atomic E-state index is 12.1. The fourth-order valence-electron chi connectivity index (χ4n) is 1.66. The zero-order chi connectivity index (χ0) is 18.4. The van der Waals surface area contributed by atoms with Crippen molar-refractivity contribution in [3.63, 3.8) is 0 Å². The minimum Gasteiger partial charge on any atom is -0.480 e. The van der Waals surface area contributed by atoms with Gasteiger partial charge in [0.2, 0.25) is 15.9 Å². The van der Waals surface area contributed by atoms with Crippen LogP contribution in [0.25, 0.3) is 0 Å². The molecule has 0 saturated carbocycles. The molecule has 1 rings (SSSR count). The second kappa shape index (κ2) is 8.29. The molecule has 0 aliphatic rings. The van der Waals surface area contributed by atoms with E-state index in [-0.39, 0.29) is 11.3 Å². The molecule has 2 N–H and O–H groups in total. The van der Waals surface area contributed by atoms with Gasteiger partial charge >= 0.3 is 12.1 Å². The molecule has 0 spiro atoms. The first kappa shape index (κ1) is 20.2. The van der Waals surface area contributed by atoms with Crippen LogP contribution in [0.2, 0.25) is 0 Å². The number of nitrogens with one attached hydrogen (secondary N) is 1. The number of hydrogen-bond acceptors (Lipinski definition) is 5. The quantitative estimate of drug-likeness (QED) is 0.688. The summed E-state index contributed by atoms with van der Waals surface area (Å²) in [4.78, 5) is 14.2. The van der Waals surface area contributed by atoms with Crippen molar-refractivity contribution >= 4 is 16.0 Å². The molecule has 0 fully saturated rings.